The number of likely N-dealkylation sites (N-methyl/N-ethyl adjacent to an activating group) is 1. The average Bonchev–Trinajstić information content (AvgIpc) is 3.53. The van der Waals surface area contributed by atoms with Crippen molar-refractivity contribution in [3.05, 3.63) is 40.0 Å². The van der Waals surface area contributed by atoms with E-state index in [1.54, 1.807) is 0 Å². The zero-order valence-corrected chi connectivity index (χ0v) is 19.4. The fourth-order valence-electron chi connectivity index (χ4n) is 5.06. The van der Waals surface area contributed by atoms with Crippen LogP contribution in [0.3, 0.4) is 0 Å². The van der Waals surface area contributed by atoms with Crippen molar-refractivity contribution >= 4 is 44.0 Å². The van der Waals surface area contributed by atoms with Crippen LogP contribution in [-0.2, 0) is 0 Å². The minimum atomic E-state index is -0.287. The predicted molar refractivity (Wildman–Crippen MR) is 135 cm³/mol. The van der Waals surface area contributed by atoms with Crippen molar-refractivity contribution in [3.63, 3.8) is 0 Å². The molecule has 1 saturated heterocycles. The lowest BCUT2D eigenvalue weighted by atomic mass is 10.1. The maximum atomic E-state index is 13.2. The van der Waals surface area contributed by atoms with Crippen molar-refractivity contribution < 1.29 is 5.11 Å². The van der Waals surface area contributed by atoms with Crippen LogP contribution in [0.15, 0.2) is 34.4 Å². The van der Waals surface area contributed by atoms with Gasteiger partial charge in [-0.05, 0) is 56.0 Å². The van der Waals surface area contributed by atoms with Crippen LogP contribution < -0.4 is 15.8 Å². The summed E-state index contributed by atoms with van der Waals surface area (Å²) in [6.07, 6.45) is 2.06. The van der Waals surface area contributed by atoms with E-state index in [4.69, 9.17) is 4.98 Å². The number of aliphatic hydroxyl groups excluding tert-OH is 1. The molecule has 0 spiro atoms. The molecule has 6 rings (SSSR count). The van der Waals surface area contributed by atoms with Gasteiger partial charge in [0.15, 0.2) is 0 Å². The molecule has 8 nitrogen and oxygen atoms in total. The molecule has 0 radical (unpaired) electrons. The Morgan fingerprint density at radius 2 is 2.00 bits per heavy atom. The van der Waals surface area contributed by atoms with Crippen molar-refractivity contribution in [1.82, 2.24) is 19.9 Å². The maximum Gasteiger partial charge on any atom is 0.262 e. The Balaban J connectivity index is 1.42. The summed E-state index contributed by atoms with van der Waals surface area (Å²) in [6, 6.07) is 8.44. The minimum absolute atomic E-state index is 0.136. The molecule has 4 aromatic rings. The molecule has 9 heteroatoms. The second-order valence-corrected chi connectivity index (χ2v) is 10.2. The smallest absolute Gasteiger partial charge is 0.262 e. The molecule has 172 valence electrons. The number of benzene rings is 1. The highest BCUT2D eigenvalue weighted by atomic mass is 32.1. The SMILES string of the molecule is CN1CCN(c2ccc3nc(-c4c(NC5CC[C@@H](O)C5)c5ccsc5[nH]c4=O)[nH]c3c2)CC1. The Morgan fingerprint density at radius 3 is 2.79 bits per heavy atom. The van der Waals surface area contributed by atoms with Crippen LogP contribution in [0, 0.1) is 0 Å². The summed E-state index contributed by atoms with van der Waals surface area (Å²) in [5.41, 5.74) is 4.10. The summed E-state index contributed by atoms with van der Waals surface area (Å²) >= 11 is 1.52. The average molecular weight is 465 g/mol. The van der Waals surface area contributed by atoms with Crippen molar-refractivity contribution in [3.8, 4) is 11.4 Å². The van der Waals surface area contributed by atoms with E-state index in [0.29, 0.717) is 17.8 Å². The van der Waals surface area contributed by atoms with Gasteiger partial charge in [-0.15, -0.1) is 11.3 Å². The number of anilines is 2. The van der Waals surface area contributed by atoms with Gasteiger partial charge < -0.3 is 30.2 Å². The van der Waals surface area contributed by atoms with E-state index in [1.165, 1.54) is 17.0 Å². The Labute approximate surface area is 195 Å². The summed E-state index contributed by atoms with van der Waals surface area (Å²) in [4.78, 5) is 30.0. The van der Waals surface area contributed by atoms with Gasteiger partial charge in [-0.2, -0.15) is 0 Å². The first-order valence-electron chi connectivity index (χ1n) is 11.6. The molecule has 2 aliphatic rings. The molecule has 4 N–H and O–H groups in total. The number of aromatic amines is 2. The van der Waals surface area contributed by atoms with Crippen LogP contribution >= 0.6 is 11.3 Å². The van der Waals surface area contributed by atoms with E-state index >= 15 is 0 Å². The number of hydrogen-bond donors (Lipinski definition) is 4. The lowest BCUT2D eigenvalue weighted by Gasteiger charge is -2.34. The molecule has 4 heterocycles. The normalized spacial score (nSPS) is 21.9. The molecule has 2 fully saturated rings. The number of fused-ring (bicyclic) bond motifs is 2. The van der Waals surface area contributed by atoms with Gasteiger partial charge in [0.05, 0.1) is 22.8 Å². The molecular formula is C24H28N6O2S. The van der Waals surface area contributed by atoms with Crippen LogP contribution in [0.25, 0.3) is 32.6 Å². The summed E-state index contributed by atoms with van der Waals surface area (Å²) in [5, 5.41) is 16.5. The van der Waals surface area contributed by atoms with E-state index in [0.717, 1.165) is 66.0 Å². The number of nitrogens with zero attached hydrogens (tertiary/aromatic N) is 3. The summed E-state index contributed by atoms with van der Waals surface area (Å²) in [6.45, 7) is 4.10. The minimum Gasteiger partial charge on any atom is -0.393 e. The second-order valence-electron chi connectivity index (χ2n) is 9.25. The molecule has 1 aliphatic heterocycles. The zero-order chi connectivity index (χ0) is 22.5. The number of thiophene rings is 1. The van der Waals surface area contributed by atoms with E-state index in [9.17, 15) is 9.90 Å². The van der Waals surface area contributed by atoms with E-state index < -0.39 is 0 Å². The third-order valence-corrected chi connectivity index (χ3v) is 7.79. The Kier molecular flexibility index (Phi) is 5.12. The van der Waals surface area contributed by atoms with Crippen LogP contribution in [-0.4, -0.2) is 70.3 Å². The van der Waals surface area contributed by atoms with Gasteiger partial charge in [0.2, 0.25) is 0 Å². The predicted octanol–water partition coefficient (Wildman–Crippen LogP) is 3.21. The lowest BCUT2D eigenvalue weighted by Crippen LogP contribution is -2.44. The molecule has 1 unspecified atom stereocenters. The molecule has 33 heavy (non-hydrogen) atoms. The molecule has 0 bridgehead atoms. The van der Waals surface area contributed by atoms with Crippen molar-refractivity contribution in [1.29, 1.82) is 0 Å². The Hall–Kier alpha value is -2.88. The van der Waals surface area contributed by atoms with Gasteiger partial charge in [0.1, 0.15) is 16.2 Å². The Bertz CT molecular complexity index is 1370. The fraction of sp³-hybridized carbons (Fsp3) is 0.417. The van der Waals surface area contributed by atoms with Gasteiger partial charge in [-0.1, -0.05) is 0 Å². The van der Waals surface area contributed by atoms with Crippen LogP contribution in [0.5, 0.6) is 0 Å². The number of rotatable bonds is 4. The number of H-pyrrole nitrogens is 2. The Morgan fingerprint density at radius 1 is 1.15 bits per heavy atom. The lowest BCUT2D eigenvalue weighted by molar-refractivity contribution is 0.182. The number of pyridine rings is 1. The molecule has 1 saturated carbocycles. The number of imidazole rings is 1. The zero-order valence-electron chi connectivity index (χ0n) is 18.6. The highest BCUT2D eigenvalue weighted by Gasteiger charge is 2.26. The first-order valence-corrected chi connectivity index (χ1v) is 12.4. The third-order valence-electron chi connectivity index (χ3n) is 6.96. The summed E-state index contributed by atoms with van der Waals surface area (Å²) in [7, 11) is 2.15. The number of aliphatic hydroxyl groups is 1. The number of hydrogen-bond acceptors (Lipinski definition) is 7. The van der Waals surface area contributed by atoms with Crippen molar-refractivity contribution in [2.24, 2.45) is 0 Å². The first-order chi connectivity index (χ1) is 16.0. The van der Waals surface area contributed by atoms with E-state index in [-0.39, 0.29) is 17.7 Å². The van der Waals surface area contributed by atoms with Crippen LogP contribution in [0.2, 0.25) is 0 Å². The topological polar surface area (TPSA) is 100 Å². The third kappa shape index (κ3) is 3.80. The molecule has 1 aliphatic carbocycles. The molecule has 3 aromatic heterocycles. The standard InChI is InChI=1S/C24H28N6O2S/c1-29-7-9-30(10-8-29)15-3-5-18-19(13-15)27-22(26-18)20-21(25-14-2-4-16(31)12-14)17-6-11-33-24(17)28-23(20)32/h3,5-6,11,13-14,16,31H,2,4,7-10,12H2,1H3,(H,26,27)(H2,25,28,32)/t14?,16-/m1/s1. The monoisotopic (exact) mass is 464 g/mol. The molecule has 0 amide bonds. The van der Waals surface area contributed by atoms with Crippen molar-refractivity contribution in [2.45, 2.75) is 31.4 Å². The number of nitrogens with one attached hydrogen (secondary N) is 3. The number of aromatic nitrogens is 3. The van der Waals surface area contributed by atoms with Gasteiger partial charge in [0.25, 0.3) is 5.56 Å². The van der Waals surface area contributed by atoms with Gasteiger partial charge in [0, 0.05) is 43.3 Å². The quantitative estimate of drug-likeness (QED) is 0.370. The summed E-state index contributed by atoms with van der Waals surface area (Å²) in [5.74, 6) is 0.566. The van der Waals surface area contributed by atoms with Crippen LogP contribution in [0.4, 0.5) is 11.4 Å². The first kappa shape index (κ1) is 20.7. The molecule has 2 atom stereocenters. The van der Waals surface area contributed by atoms with Gasteiger partial charge >= 0.3 is 0 Å². The fourth-order valence-corrected chi connectivity index (χ4v) is 5.85. The summed E-state index contributed by atoms with van der Waals surface area (Å²) < 4.78 is 0. The molecule has 1 aromatic carbocycles. The maximum absolute atomic E-state index is 13.2. The second kappa shape index (κ2) is 8.16. The number of piperazine rings is 1. The largest absolute Gasteiger partial charge is 0.393 e. The van der Waals surface area contributed by atoms with E-state index in [2.05, 4.69) is 44.3 Å². The van der Waals surface area contributed by atoms with Gasteiger partial charge in [-0.25, -0.2) is 4.98 Å². The highest BCUT2D eigenvalue weighted by Crippen LogP contribution is 2.35. The van der Waals surface area contributed by atoms with Crippen LogP contribution in [0.1, 0.15) is 19.3 Å². The van der Waals surface area contributed by atoms with E-state index in [1.807, 2.05) is 17.5 Å². The van der Waals surface area contributed by atoms with Crippen molar-refractivity contribution in [2.75, 3.05) is 43.4 Å². The van der Waals surface area contributed by atoms with Gasteiger partial charge in [-0.3, -0.25) is 4.79 Å². The highest BCUT2D eigenvalue weighted by molar-refractivity contribution is 7.16. The molecular weight excluding hydrogens is 436 g/mol.